The Balaban J connectivity index is 2.49. The van der Waals surface area contributed by atoms with Crippen LogP contribution in [0, 0.1) is 11.8 Å². The Kier molecular flexibility index (Phi) is 3.74. The van der Waals surface area contributed by atoms with Crippen molar-refractivity contribution in [3.05, 3.63) is 0 Å². The predicted octanol–water partition coefficient (Wildman–Crippen LogP) is -0.507. The lowest BCUT2D eigenvalue weighted by Crippen LogP contribution is -2.41. The van der Waals surface area contributed by atoms with Crippen molar-refractivity contribution in [1.29, 1.82) is 0 Å². The van der Waals surface area contributed by atoms with Crippen LogP contribution in [0.1, 0.15) is 0 Å². The van der Waals surface area contributed by atoms with Crippen molar-refractivity contribution < 1.29 is 14.3 Å². The summed E-state index contributed by atoms with van der Waals surface area (Å²) < 4.78 is 9.63. The zero-order valence-corrected chi connectivity index (χ0v) is 7.87. The second-order valence-corrected chi connectivity index (χ2v) is 2.83. The van der Waals surface area contributed by atoms with Gasteiger partial charge in [0.15, 0.2) is 0 Å². The Bertz CT molecular complexity index is 241. The fraction of sp³-hybridized carbons (Fsp3) is 0.667. The van der Waals surface area contributed by atoms with Gasteiger partial charge in [-0.05, 0) is 7.05 Å². The molecule has 0 aliphatic carbocycles. The van der Waals surface area contributed by atoms with E-state index in [4.69, 9.17) is 4.74 Å². The number of hydrogen-bond donors (Lipinski definition) is 0. The van der Waals surface area contributed by atoms with Crippen LogP contribution < -0.4 is 0 Å². The van der Waals surface area contributed by atoms with Crippen LogP contribution in [0.25, 0.3) is 0 Å². The standard InChI is InChI=1S/C9H13NO3/c1-10-5-6-13-7-8(10)3-4-9(11)12-2/h8H,5-7H2,1-2H3. The number of hydrogen-bond acceptors (Lipinski definition) is 4. The average Bonchev–Trinajstić information content (AvgIpc) is 2.16. The van der Waals surface area contributed by atoms with E-state index in [0.717, 1.165) is 13.2 Å². The SMILES string of the molecule is COC(=O)C#CC1COCCN1C. The van der Waals surface area contributed by atoms with Crippen molar-refractivity contribution in [2.24, 2.45) is 0 Å². The second-order valence-electron chi connectivity index (χ2n) is 2.83. The van der Waals surface area contributed by atoms with Crippen molar-refractivity contribution >= 4 is 5.97 Å². The first-order chi connectivity index (χ1) is 6.24. The van der Waals surface area contributed by atoms with Crippen molar-refractivity contribution in [3.8, 4) is 11.8 Å². The fourth-order valence-electron chi connectivity index (χ4n) is 1.03. The molecule has 1 rings (SSSR count). The number of nitrogens with zero attached hydrogens (tertiary/aromatic N) is 1. The van der Waals surface area contributed by atoms with Crippen molar-refractivity contribution in [3.63, 3.8) is 0 Å². The summed E-state index contributed by atoms with van der Waals surface area (Å²) in [5.74, 6) is 4.70. The first-order valence-electron chi connectivity index (χ1n) is 4.11. The highest BCUT2D eigenvalue weighted by atomic mass is 16.5. The largest absolute Gasteiger partial charge is 0.459 e. The predicted molar refractivity (Wildman–Crippen MR) is 47.0 cm³/mol. The number of ether oxygens (including phenoxy) is 2. The highest BCUT2D eigenvalue weighted by Crippen LogP contribution is 2.01. The first-order valence-corrected chi connectivity index (χ1v) is 4.11. The summed E-state index contributed by atoms with van der Waals surface area (Å²) in [6, 6.07) is 0.00727. The van der Waals surface area contributed by atoms with E-state index in [0.29, 0.717) is 6.61 Å². The van der Waals surface area contributed by atoms with Crippen LogP contribution in [0.3, 0.4) is 0 Å². The molecule has 0 saturated carbocycles. The van der Waals surface area contributed by atoms with E-state index >= 15 is 0 Å². The van der Waals surface area contributed by atoms with Gasteiger partial charge in [-0.2, -0.15) is 0 Å². The van der Waals surface area contributed by atoms with E-state index in [1.165, 1.54) is 7.11 Å². The van der Waals surface area contributed by atoms with Gasteiger partial charge in [-0.15, -0.1) is 0 Å². The minimum absolute atomic E-state index is 0.00727. The van der Waals surface area contributed by atoms with Gasteiger partial charge in [-0.25, -0.2) is 4.79 Å². The Morgan fingerprint density at radius 2 is 2.46 bits per heavy atom. The number of carbonyl (C=O) groups is 1. The molecular weight excluding hydrogens is 170 g/mol. The molecule has 1 saturated heterocycles. The molecule has 0 aromatic heterocycles. The molecule has 72 valence electrons. The van der Waals surface area contributed by atoms with Gasteiger partial charge in [0.1, 0.15) is 0 Å². The summed E-state index contributed by atoms with van der Waals surface area (Å²) in [7, 11) is 3.28. The van der Waals surface area contributed by atoms with Crippen molar-refractivity contribution in [2.75, 3.05) is 33.9 Å². The number of morpholine rings is 1. The molecule has 13 heavy (non-hydrogen) atoms. The van der Waals surface area contributed by atoms with Gasteiger partial charge >= 0.3 is 5.97 Å². The lowest BCUT2D eigenvalue weighted by atomic mass is 10.2. The van der Waals surface area contributed by atoms with E-state index in [1.807, 2.05) is 7.05 Å². The van der Waals surface area contributed by atoms with E-state index in [1.54, 1.807) is 0 Å². The minimum atomic E-state index is -0.501. The van der Waals surface area contributed by atoms with Crippen molar-refractivity contribution in [2.45, 2.75) is 6.04 Å². The Morgan fingerprint density at radius 1 is 1.69 bits per heavy atom. The fourth-order valence-corrected chi connectivity index (χ4v) is 1.03. The zero-order valence-electron chi connectivity index (χ0n) is 7.87. The van der Waals surface area contributed by atoms with Crippen LogP contribution in [0.15, 0.2) is 0 Å². The summed E-state index contributed by atoms with van der Waals surface area (Å²) in [4.78, 5) is 12.8. The molecule has 0 spiro atoms. The van der Waals surface area contributed by atoms with Gasteiger partial charge < -0.3 is 9.47 Å². The lowest BCUT2D eigenvalue weighted by molar-refractivity contribution is -0.133. The van der Waals surface area contributed by atoms with E-state index in [9.17, 15) is 4.79 Å². The molecular formula is C9H13NO3. The number of carbonyl (C=O) groups excluding carboxylic acids is 1. The van der Waals surface area contributed by atoms with Gasteiger partial charge in [-0.3, -0.25) is 4.90 Å². The molecule has 1 aliphatic heterocycles. The van der Waals surface area contributed by atoms with Gasteiger partial charge in [-0.1, -0.05) is 5.92 Å². The minimum Gasteiger partial charge on any atom is -0.459 e. The van der Waals surface area contributed by atoms with Crippen LogP contribution >= 0.6 is 0 Å². The molecule has 1 fully saturated rings. The smallest absolute Gasteiger partial charge is 0.384 e. The number of likely N-dealkylation sites (N-methyl/N-ethyl adjacent to an activating group) is 1. The summed E-state index contributed by atoms with van der Waals surface area (Å²) in [5, 5.41) is 0. The molecule has 1 atom stereocenters. The zero-order chi connectivity index (χ0) is 9.68. The maximum atomic E-state index is 10.7. The third-order valence-electron chi connectivity index (χ3n) is 1.92. The Morgan fingerprint density at radius 3 is 3.08 bits per heavy atom. The normalized spacial score (nSPS) is 23.1. The number of esters is 1. The molecule has 0 N–H and O–H groups in total. The van der Waals surface area contributed by atoms with Gasteiger partial charge in [0.05, 0.1) is 26.4 Å². The van der Waals surface area contributed by atoms with Crippen molar-refractivity contribution in [1.82, 2.24) is 4.90 Å². The topological polar surface area (TPSA) is 38.8 Å². The lowest BCUT2D eigenvalue weighted by Gasteiger charge is -2.28. The third kappa shape index (κ3) is 3.05. The molecule has 0 bridgehead atoms. The van der Waals surface area contributed by atoms with E-state index in [-0.39, 0.29) is 6.04 Å². The molecule has 1 heterocycles. The van der Waals surface area contributed by atoms with E-state index in [2.05, 4.69) is 21.5 Å². The molecule has 0 radical (unpaired) electrons. The summed E-state index contributed by atoms with van der Waals surface area (Å²) in [6.45, 7) is 2.13. The maximum Gasteiger partial charge on any atom is 0.384 e. The van der Waals surface area contributed by atoms with Crippen LogP contribution in [0.4, 0.5) is 0 Å². The Hall–Kier alpha value is -1.05. The quantitative estimate of drug-likeness (QED) is 0.288. The third-order valence-corrected chi connectivity index (χ3v) is 1.92. The molecule has 0 amide bonds. The molecule has 0 aromatic rings. The average molecular weight is 183 g/mol. The molecule has 1 unspecified atom stereocenters. The first kappa shape index (κ1) is 10.0. The summed E-state index contributed by atoms with van der Waals surface area (Å²) >= 11 is 0. The van der Waals surface area contributed by atoms with Gasteiger partial charge in [0.25, 0.3) is 0 Å². The summed E-state index contributed by atoms with van der Waals surface area (Å²) in [6.07, 6.45) is 0. The number of rotatable bonds is 0. The van der Waals surface area contributed by atoms with Crippen LogP contribution in [-0.2, 0) is 14.3 Å². The number of methoxy groups -OCH3 is 1. The summed E-state index contributed by atoms with van der Waals surface area (Å²) in [5.41, 5.74) is 0. The molecule has 1 aliphatic rings. The van der Waals surface area contributed by atoms with Crippen LogP contribution in [0.2, 0.25) is 0 Å². The van der Waals surface area contributed by atoms with E-state index < -0.39 is 5.97 Å². The van der Waals surface area contributed by atoms with Gasteiger partial charge in [0, 0.05) is 12.5 Å². The molecule has 4 heteroatoms. The molecule has 0 aromatic carbocycles. The monoisotopic (exact) mass is 183 g/mol. The maximum absolute atomic E-state index is 10.7. The van der Waals surface area contributed by atoms with Crippen LogP contribution in [0.5, 0.6) is 0 Å². The highest BCUT2D eigenvalue weighted by Gasteiger charge is 2.16. The van der Waals surface area contributed by atoms with Crippen LogP contribution in [-0.4, -0.2) is 50.8 Å². The van der Waals surface area contributed by atoms with Gasteiger partial charge in [0.2, 0.25) is 0 Å². The second kappa shape index (κ2) is 4.85. The Labute approximate surface area is 77.8 Å². The highest BCUT2D eigenvalue weighted by molar-refractivity contribution is 5.88. The molecule has 4 nitrogen and oxygen atoms in total.